The van der Waals surface area contributed by atoms with Gasteiger partial charge in [0.15, 0.2) is 5.96 Å². The number of rotatable bonds is 6. The molecular weight excluding hydrogens is 447 g/mol. The van der Waals surface area contributed by atoms with Crippen molar-refractivity contribution < 1.29 is 0 Å². The van der Waals surface area contributed by atoms with Gasteiger partial charge < -0.3 is 15.5 Å². The molecule has 1 fully saturated rings. The van der Waals surface area contributed by atoms with Crippen LogP contribution in [0.2, 0.25) is 5.02 Å². The van der Waals surface area contributed by atoms with E-state index in [4.69, 9.17) is 16.6 Å². The zero-order valence-corrected chi connectivity index (χ0v) is 18.7. The highest BCUT2D eigenvalue weighted by Crippen LogP contribution is 2.15. The number of hydrogen-bond acceptors (Lipinski definition) is 2. The van der Waals surface area contributed by atoms with E-state index in [0.717, 1.165) is 49.1 Å². The van der Waals surface area contributed by atoms with Crippen LogP contribution < -0.4 is 10.6 Å². The van der Waals surface area contributed by atoms with Crippen molar-refractivity contribution in [3.8, 4) is 0 Å². The summed E-state index contributed by atoms with van der Waals surface area (Å²) < 4.78 is 0. The lowest BCUT2D eigenvalue weighted by Gasteiger charge is -2.35. The molecule has 1 aliphatic heterocycles. The first-order valence-electron chi connectivity index (χ1n) is 9.12. The predicted molar refractivity (Wildman–Crippen MR) is 119 cm³/mol. The molecule has 0 saturated carbocycles. The second-order valence-electron chi connectivity index (χ2n) is 6.65. The lowest BCUT2D eigenvalue weighted by Crippen LogP contribution is -2.49. The summed E-state index contributed by atoms with van der Waals surface area (Å²) in [4.78, 5) is 7.26. The average Bonchev–Trinajstić information content (AvgIpc) is 2.57. The van der Waals surface area contributed by atoms with E-state index in [1.807, 2.05) is 18.2 Å². The molecule has 142 valence electrons. The predicted octanol–water partition coefficient (Wildman–Crippen LogP) is 3.93. The lowest BCUT2D eigenvalue weighted by atomic mass is 10.0. The first-order chi connectivity index (χ1) is 11.6. The summed E-state index contributed by atoms with van der Waals surface area (Å²) in [6.07, 6.45) is 3.21. The summed E-state index contributed by atoms with van der Waals surface area (Å²) in [5.41, 5.74) is 1.16. The van der Waals surface area contributed by atoms with Crippen molar-refractivity contribution in [2.75, 3.05) is 26.2 Å². The topological polar surface area (TPSA) is 39.7 Å². The van der Waals surface area contributed by atoms with Crippen molar-refractivity contribution in [1.82, 2.24) is 15.5 Å². The van der Waals surface area contributed by atoms with Gasteiger partial charge in [-0.15, -0.1) is 24.0 Å². The molecule has 0 aromatic heterocycles. The Balaban J connectivity index is 0.00000312. The third-order valence-electron chi connectivity index (χ3n) is 4.55. The van der Waals surface area contributed by atoms with E-state index < -0.39 is 0 Å². The van der Waals surface area contributed by atoms with Crippen molar-refractivity contribution in [3.63, 3.8) is 0 Å². The molecule has 1 aromatic rings. The first-order valence-corrected chi connectivity index (χ1v) is 9.50. The third-order valence-corrected chi connectivity index (χ3v) is 4.92. The number of guanidine groups is 1. The van der Waals surface area contributed by atoms with Crippen LogP contribution in [0.15, 0.2) is 29.3 Å². The van der Waals surface area contributed by atoms with E-state index in [2.05, 4.69) is 42.4 Å². The molecule has 0 radical (unpaired) electrons. The van der Waals surface area contributed by atoms with Crippen molar-refractivity contribution in [1.29, 1.82) is 0 Å². The van der Waals surface area contributed by atoms with Gasteiger partial charge in [-0.3, -0.25) is 4.99 Å². The van der Waals surface area contributed by atoms with Crippen LogP contribution in [0.4, 0.5) is 0 Å². The van der Waals surface area contributed by atoms with Gasteiger partial charge in [0, 0.05) is 43.3 Å². The number of piperidine rings is 1. The Kier molecular flexibility index (Phi) is 10.8. The molecule has 0 amide bonds. The standard InChI is InChI=1S/C19H31ClN4.HI/c1-4-21-19(22-12-9-16-7-5-6-8-18(16)20)23-17-10-13-24(14-11-17)15(2)3;/h5-8,15,17H,4,9-14H2,1-3H3,(H2,21,22,23);1H. The smallest absolute Gasteiger partial charge is 0.191 e. The van der Waals surface area contributed by atoms with Crippen LogP contribution in [0, 0.1) is 0 Å². The number of nitrogens with one attached hydrogen (secondary N) is 2. The normalized spacial score (nSPS) is 16.6. The van der Waals surface area contributed by atoms with E-state index in [9.17, 15) is 0 Å². The Morgan fingerprint density at radius 2 is 1.96 bits per heavy atom. The van der Waals surface area contributed by atoms with Crippen molar-refractivity contribution in [2.45, 2.75) is 52.1 Å². The van der Waals surface area contributed by atoms with Gasteiger partial charge >= 0.3 is 0 Å². The van der Waals surface area contributed by atoms with E-state index in [1.54, 1.807) is 0 Å². The number of aliphatic imine (C=N–C) groups is 1. The Bertz CT molecular complexity index is 528. The van der Waals surface area contributed by atoms with Crippen LogP contribution >= 0.6 is 35.6 Å². The summed E-state index contributed by atoms with van der Waals surface area (Å²) in [5.74, 6) is 0.924. The fraction of sp³-hybridized carbons (Fsp3) is 0.632. The van der Waals surface area contributed by atoms with Gasteiger partial charge in [-0.1, -0.05) is 29.8 Å². The zero-order chi connectivity index (χ0) is 17.4. The summed E-state index contributed by atoms with van der Waals surface area (Å²) >= 11 is 6.21. The highest BCUT2D eigenvalue weighted by atomic mass is 127. The number of benzene rings is 1. The molecule has 0 unspecified atom stereocenters. The summed E-state index contributed by atoms with van der Waals surface area (Å²) in [6.45, 7) is 10.6. The largest absolute Gasteiger partial charge is 0.357 e. The molecule has 0 atom stereocenters. The van der Waals surface area contributed by atoms with Crippen LogP contribution in [0.3, 0.4) is 0 Å². The molecule has 6 heteroatoms. The number of halogens is 2. The molecule has 1 aliphatic rings. The van der Waals surface area contributed by atoms with Gasteiger partial charge in [0.05, 0.1) is 0 Å². The van der Waals surface area contributed by atoms with Gasteiger partial charge in [0.25, 0.3) is 0 Å². The van der Waals surface area contributed by atoms with Crippen LogP contribution in [-0.4, -0.2) is 49.1 Å². The molecule has 0 spiro atoms. The fourth-order valence-corrected chi connectivity index (χ4v) is 3.29. The zero-order valence-electron chi connectivity index (χ0n) is 15.6. The van der Waals surface area contributed by atoms with Crippen molar-refractivity contribution >= 4 is 41.5 Å². The van der Waals surface area contributed by atoms with Crippen molar-refractivity contribution in [2.24, 2.45) is 4.99 Å². The Hall–Kier alpha value is -0.530. The molecule has 2 N–H and O–H groups in total. The molecule has 0 aliphatic carbocycles. The van der Waals surface area contributed by atoms with Gasteiger partial charge in [-0.05, 0) is 51.7 Å². The third kappa shape index (κ3) is 7.71. The second kappa shape index (κ2) is 12.0. The summed E-state index contributed by atoms with van der Waals surface area (Å²) in [7, 11) is 0. The molecule has 1 heterocycles. The molecule has 1 aromatic carbocycles. The highest BCUT2D eigenvalue weighted by Gasteiger charge is 2.21. The second-order valence-corrected chi connectivity index (χ2v) is 7.06. The molecule has 4 nitrogen and oxygen atoms in total. The Morgan fingerprint density at radius 1 is 1.28 bits per heavy atom. The summed E-state index contributed by atoms with van der Waals surface area (Å²) in [6, 6.07) is 9.15. The van der Waals surface area contributed by atoms with E-state index in [1.165, 1.54) is 12.8 Å². The van der Waals surface area contributed by atoms with Gasteiger partial charge in [-0.25, -0.2) is 0 Å². The molecule has 0 bridgehead atoms. The van der Waals surface area contributed by atoms with Crippen LogP contribution in [0.1, 0.15) is 39.2 Å². The van der Waals surface area contributed by atoms with Gasteiger partial charge in [0.1, 0.15) is 0 Å². The fourth-order valence-electron chi connectivity index (χ4n) is 3.06. The molecule has 1 saturated heterocycles. The Labute approximate surface area is 174 Å². The molecule has 2 rings (SSSR count). The van der Waals surface area contributed by atoms with Crippen LogP contribution in [-0.2, 0) is 6.42 Å². The van der Waals surface area contributed by atoms with Gasteiger partial charge in [0.2, 0.25) is 0 Å². The SMILES string of the molecule is CCNC(=NCCc1ccccc1Cl)NC1CCN(C(C)C)CC1.I. The maximum atomic E-state index is 6.21. The highest BCUT2D eigenvalue weighted by molar-refractivity contribution is 14.0. The number of hydrogen-bond donors (Lipinski definition) is 2. The first kappa shape index (κ1) is 22.5. The minimum Gasteiger partial charge on any atom is -0.357 e. The van der Waals surface area contributed by atoms with E-state index in [-0.39, 0.29) is 24.0 Å². The lowest BCUT2D eigenvalue weighted by molar-refractivity contribution is 0.167. The van der Waals surface area contributed by atoms with E-state index >= 15 is 0 Å². The monoisotopic (exact) mass is 478 g/mol. The summed E-state index contributed by atoms with van der Waals surface area (Å²) in [5, 5.41) is 7.78. The number of likely N-dealkylation sites (tertiary alicyclic amines) is 1. The van der Waals surface area contributed by atoms with Crippen LogP contribution in [0.25, 0.3) is 0 Å². The molecular formula is C19H32ClIN4. The van der Waals surface area contributed by atoms with Crippen LogP contribution in [0.5, 0.6) is 0 Å². The molecule has 25 heavy (non-hydrogen) atoms. The quantitative estimate of drug-likeness (QED) is 0.370. The minimum atomic E-state index is 0. The minimum absolute atomic E-state index is 0. The van der Waals surface area contributed by atoms with E-state index in [0.29, 0.717) is 12.1 Å². The van der Waals surface area contributed by atoms with Crippen molar-refractivity contribution in [3.05, 3.63) is 34.9 Å². The number of nitrogens with zero attached hydrogens (tertiary/aromatic N) is 2. The van der Waals surface area contributed by atoms with Gasteiger partial charge in [-0.2, -0.15) is 0 Å². The average molecular weight is 479 g/mol. The Morgan fingerprint density at radius 3 is 2.56 bits per heavy atom. The maximum Gasteiger partial charge on any atom is 0.191 e. The maximum absolute atomic E-state index is 6.21.